The first-order valence-electron chi connectivity index (χ1n) is 9.00. The number of rotatable bonds is 5. The summed E-state index contributed by atoms with van der Waals surface area (Å²) in [7, 11) is 0. The molecule has 0 atom stereocenters. The first-order chi connectivity index (χ1) is 11.8. The number of hydrogen-bond donors (Lipinski definition) is 1. The van der Waals surface area contributed by atoms with E-state index >= 15 is 0 Å². The number of carbonyl (C=O) groups is 4. The summed E-state index contributed by atoms with van der Waals surface area (Å²) in [5.41, 5.74) is -0.870. The molecule has 3 aliphatic rings. The highest BCUT2D eigenvalue weighted by molar-refractivity contribution is 6.06. The fraction of sp³-hybridized carbons (Fsp3) is 0.765. The fourth-order valence-electron chi connectivity index (χ4n) is 3.33. The lowest BCUT2D eigenvalue weighted by atomic mass is 10.1. The zero-order valence-electron chi connectivity index (χ0n) is 14.9. The standard InChI is InChI=1S/C17H26N4O4/c1-17(2)15(24)21(16(25)18-17)7-3-4-13(22)19-8-10-20(11-9-19)14(23)12-5-6-12/h12H,3-11H2,1-2H3,(H,18,25). The fourth-order valence-corrected chi connectivity index (χ4v) is 3.33. The van der Waals surface area contributed by atoms with Gasteiger partial charge in [0.2, 0.25) is 11.8 Å². The molecule has 1 N–H and O–H groups in total. The van der Waals surface area contributed by atoms with Gasteiger partial charge in [0.1, 0.15) is 5.54 Å². The van der Waals surface area contributed by atoms with E-state index in [2.05, 4.69) is 5.32 Å². The molecule has 0 aromatic carbocycles. The van der Waals surface area contributed by atoms with Crippen LogP contribution < -0.4 is 5.32 Å². The average molecular weight is 350 g/mol. The Morgan fingerprint density at radius 3 is 2.20 bits per heavy atom. The van der Waals surface area contributed by atoms with Gasteiger partial charge in [-0.3, -0.25) is 19.3 Å². The van der Waals surface area contributed by atoms with E-state index in [0.29, 0.717) is 39.0 Å². The normalized spacial score (nSPS) is 23.0. The average Bonchev–Trinajstić information content (AvgIpc) is 3.39. The van der Waals surface area contributed by atoms with Crippen LogP contribution in [0.5, 0.6) is 0 Å². The lowest BCUT2D eigenvalue weighted by Gasteiger charge is -2.35. The number of urea groups is 1. The molecule has 0 radical (unpaired) electrons. The molecule has 0 bridgehead atoms. The maximum atomic E-state index is 12.3. The molecule has 2 aliphatic heterocycles. The van der Waals surface area contributed by atoms with Crippen LogP contribution in [0.1, 0.15) is 39.5 Å². The van der Waals surface area contributed by atoms with Gasteiger partial charge in [0.15, 0.2) is 0 Å². The molecule has 2 saturated heterocycles. The van der Waals surface area contributed by atoms with Gasteiger partial charge < -0.3 is 15.1 Å². The Kier molecular flexibility index (Phi) is 4.71. The Hall–Kier alpha value is -2.12. The number of nitrogens with zero attached hydrogens (tertiary/aromatic N) is 3. The highest BCUT2D eigenvalue weighted by Crippen LogP contribution is 2.31. The van der Waals surface area contributed by atoms with Crippen molar-refractivity contribution in [2.24, 2.45) is 5.92 Å². The van der Waals surface area contributed by atoms with E-state index in [1.54, 1.807) is 18.7 Å². The number of piperazine rings is 1. The van der Waals surface area contributed by atoms with Crippen LogP contribution in [-0.2, 0) is 14.4 Å². The quantitative estimate of drug-likeness (QED) is 0.716. The molecule has 8 nitrogen and oxygen atoms in total. The minimum Gasteiger partial charge on any atom is -0.339 e. The topological polar surface area (TPSA) is 90.0 Å². The van der Waals surface area contributed by atoms with Crippen molar-refractivity contribution in [2.45, 2.75) is 45.1 Å². The minimum absolute atomic E-state index is 0.0184. The molecule has 3 rings (SSSR count). The summed E-state index contributed by atoms with van der Waals surface area (Å²) in [5.74, 6) is 0.214. The highest BCUT2D eigenvalue weighted by atomic mass is 16.2. The summed E-state index contributed by atoms with van der Waals surface area (Å²) in [5, 5.41) is 2.63. The first-order valence-corrected chi connectivity index (χ1v) is 9.00. The van der Waals surface area contributed by atoms with Gasteiger partial charge in [-0.2, -0.15) is 0 Å². The SMILES string of the molecule is CC1(C)NC(=O)N(CCCC(=O)N2CCN(C(=O)C3CC3)CC2)C1=O. The van der Waals surface area contributed by atoms with Gasteiger partial charge in [-0.15, -0.1) is 0 Å². The zero-order chi connectivity index (χ0) is 18.2. The summed E-state index contributed by atoms with van der Waals surface area (Å²) in [6.45, 7) is 5.91. The highest BCUT2D eigenvalue weighted by Gasteiger charge is 2.43. The van der Waals surface area contributed by atoms with Crippen molar-refractivity contribution in [1.29, 1.82) is 0 Å². The summed E-state index contributed by atoms with van der Waals surface area (Å²) >= 11 is 0. The maximum Gasteiger partial charge on any atom is 0.325 e. The molecule has 0 unspecified atom stereocenters. The Morgan fingerprint density at radius 2 is 1.68 bits per heavy atom. The van der Waals surface area contributed by atoms with Gasteiger partial charge in [-0.25, -0.2) is 4.79 Å². The summed E-state index contributed by atoms with van der Waals surface area (Å²) < 4.78 is 0. The minimum atomic E-state index is -0.870. The van der Waals surface area contributed by atoms with Gasteiger partial charge >= 0.3 is 6.03 Å². The van der Waals surface area contributed by atoms with Crippen LogP contribution in [0.15, 0.2) is 0 Å². The molecular weight excluding hydrogens is 324 g/mol. The van der Waals surface area contributed by atoms with Gasteiger partial charge in [-0.1, -0.05) is 0 Å². The van der Waals surface area contributed by atoms with Crippen LogP contribution in [0.25, 0.3) is 0 Å². The largest absolute Gasteiger partial charge is 0.339 e. The van der Waals surface area contributed by atoms with Crippen LogP contribution in [0.4, 0.5) is 4.79 Å². The van der Waals surface area contributed by atoms with Crippen molar-refractivity contribution in [3.05, 3.63) is 0 Å². The van der Waals surface area contributed by atoms with Crippen LogP contribution in [-0.4, -0.2) is 76.7 Å². The van der Waals surface area contributed by atoms with Gasteiger partial charge in [0, 0.05) is 45.1 Å². The smallest absolute Gasteiger partial charge is 0.325 e. The molecule has 138 valence electrons. The summed E-state index contributed by atoms with van der Waals surface area (Å²) in [4.78, 5) is 53.0. The molecule has 3 fully saturated rings. The second-order valence-corrected chi connectivity index (χ2v) is 7.60. The molecule has 2 heterocycles. The molecule has 1 aliphatic carbocycles. The van der Waals surface area contributed by atoms with Crippen LogP contribution in [0.3, 0.4) is 0 Å². The Morgan fingerprint density at radius 1 is 1.08 bits per heavy atom. The third kappa shape index (κ3) is 3.77. The van der Waals surface area contributed by atoms with Crippen molar-refractivity contribution in [2.75, 3.05) is 32.7 Å². The second kappa shape index (κ2) is 6.65. The molecule has 5 amide bonds. The maximum absolute atomic E-state index is 12.3. The lowest BCUT2D eigenvalue weighted by Crippen LogP contribution is -2.51. The predicted molar refractivity (Wildman–Crippen MR) is 89.4 cm³/mol. The number of hydrogen-bond acceptors (Lipinski definition) is 4. The van der Waals surface area contributed by atoms with Crippen molar-refractivity contribution in [1.82, 2.24) is 20.0 Å². The van der Waals surface area contributed by atoms with E-state index in [9.17, 15) is 19.2 Å². The molecule has 25 heavy (non-hydrogen) atoms. The van der Waals surface area contributed by atoms with Crippen molar-refractivity contribution in [3.8, 4) is 0 Å². The first kappa shape index (κ1) is 17.7. The lowest BCUT2D eigenvalue weighted by molar-refractivity contribution is -0.140. The third-order valence-corrected chi connectivity index (χ3v) is 5.09. The van der Waals surface area contributed by atoms with E-state index in [1.165, 1.54) is 4.90 Å². The van der Waals surface area contributed by atoms with Gasteiger partial charge in [0.05, 0.1) is 0 Å². The molecule has 0 aromatic rings. The Labute approximate surface area is 147 Å². The van der Waals surface area contributed by atoms with E-state index in [0.717, 1.165) is 12.8 Å². The van der Waals surface area contributed by atoms with Crippen molar-refractivity contribution in [3.63, 3.8) is 0 Å². The molecule has 0 aromatic heterocycles. The van der Waals surface area contributed by atoms with E-state index < -0.39 is 11.6 Å². The number of imide groups is 1. The molecular formula is C17H26N4O4. The monoisotopic (exact) mass is 350 g/mol. The number of amides is 5. The van der Waals surface area contributed by atoms with Crippen molar-refractivity contribution >= 4 is 23.8 Å². The molecule has 8 heteroatoms. The van der Waals surface area contributed by atoms with Crippen LogP contribution >= 0.6 is 0 Å². The number of nitrogens with one attached hydrogen (secondary N) is 1. The summed E-state index contributed by atoms with van der Waals surface area (Å²) in [6.07, 6.45) is 2.75. The van der Waals surface area contributed by atoms with E-state index in [4.69, 9.17) is 0 Å². The summed E-state index contributed by atoms with van der Waals surface area (Å²) in [6, 6.07) is -0.394. The second-order valence-electron chi connectivity index (χ2n) is 7.60. The Balaban J connectivity index is 1.39. The number of carbonyl (C=O) groups excluding carboxylic acids is 4. The molecule has 0 spiro atoms. The zero-order valence-corrected chi connectivity index (χ0v) is 14.9. The molecule has 1 saturated carbocycles. The van der Waals surface area contributed by atoms with E-state index in [1.807, 2.05) is 4.90 Å². The van der Waals surface area contributed by atoms with Gasteiger partial charge in [0.25, 0.3) is 5.91 Å². The van der Waals surface area contributed by atoms with Crippen molar-refractivity contribution < 1.29 is 19.2 Å². The van der Waals surface area contributed by atoms with Crippen LogP contribution in [0.2, 0.25) is 0 Å². The van der Waals surface area contributed by atoms with Crippen LogP contribution in [0, 0.1) is 5.92 Å². The third-order valence-electron chi connectivity index (χ3n) is 5.09. The van der Waals surface area contributed by atoms with Gasteiger partial charge in [-0.05, 0) is 33.1 Å². The van der Waals surface area contributed by atoms with E-state index in [-0.39, 0.29) is 30.2 Å². The predicted octanol–water partition coefficient (Wildman–Crippen LogP) is 0.178. The Bertz CT molecular complexity index is 591.